The highest BCUT2D eigenvalue weighted by atomic mass is 32.2. The van der Waals surface area contributed by atoms with Crippen molar-refractivity contribution in [2.45, 2.75) is 58.9 Å². The first-order valence-electron chi connectivity index (χ1n) is 10.5. The van der Waals surface area contributed by atoms with Crippen LogP contribution in [0.25, 0.3) is 5.78 Å². The van der Waals surface area contributed by atoms with Gasteiger partial charge in [-0.3, -0.25) is 9.59 Å². The molecular formula is C20H29N5O5S. The van der Waals surface area contributed by atoms with E-state index in [9.17, 15) is 18.0 Å². The molecule has 1 saturated heterocycles. The molecule has 0 aromatic carbocycles. The van der Waals surface area contributed by atoms with E-state index >= 15 is 0 Å². The third-order valence-electron chi connectivity index (χ3n) is 5.65. The first kappa shape index (κ1) is 23.1. The van der Waals surface area contributed by atoms with Gasteiger partial charge in [-0.15, -0.1) is 0 Å². The molecule has 3 heterocycles. The highest BCUT2D eigenvalue weighted by molar-refractivity contribution is 7.91. The lowest BCUT2D eigenvalue weighted by Gasteiger charge is -2.28. The van der Waals surface area contributed by atoms with Gasteiger partial charge in [0.05, 0.1) is 11.5 Å². The van der Waals surface area contributed by atoms with Crippen LogP contribution in [0.3, 0.4) is 0 Å². The summed E-state index contributed by atoms with van der Waals surface area (Å²) in [5.74, 6) is -0.251. The average Bonchev–Trinajstić information content (AvgIpc) is 3.32. The van der Waals surface area contributed by atoms with Crippen molar-refractivity contribution in [2.75, 3.05) is 24.7 Å². The van der Waals surface area contributed by atoms with Crippen LogP contribution in [-0.2, 0) is 30.6 Å². The van der Waals surface area contributed by atoms with Gasteiger partial charge < -0.3 is 9.64 Å². The van der Waals surface area contributed by atoms with Crippen molar-refractivity contribution in [1.29, 1.82) is 0 Å². The third-order valence-corrected chi connectivity index (χ3v) is 7.40. The number of ether oxygens (including phenoxy) is 1. The number of aryl methyl sites for hydroxylation is 2. The van der Waals surface area contributed by atoms with Gasteiger partial charge in [0.1, 0.15) is 6.33 Å². The standard InChI is InChI=1S/C20H29N5O5S/c1-4-5-9-24(16-8-10-31(28,29)12-16)18(26)11-30-19(27)7-6-17-14(2)23-20-21-13-22-25(20)15(17)3/h13,16H,4-12H2,1-3H3. The van der Waals surface area contributed by atoms with Crippen molar-refractivity contribution < 1.29 is 22.7 Å². The van der Waals surface area contributed by atoms with Crippen molar-refractivity contribution in [3.05, 3.63) is 23.3 Å². The summed E-state index contributed by atoms with van der Waals surface area (Å²) in [6, 6.07) is -0.339. The van der Waals surface area contributed by atoms with Crippen molar-refractivity contribution >= 4 is 27.5 Å². The molecule has 2 aromatic rings. The van der Waals surface area contributed by atoms with Crippen LogP contribution in [0.15, 0.2) is 6.33 Å². The number of nitrogens with zero attached hydrogens (tertiary/aromatic N) is 5. The van der Waals surface area contributed by atoms with E-state index in [0.717, 1.165) is 29.8 Å². The molecular weight excluding hydrogens is 422 g/mol. The minimum atomic E-state index is -3.11. The molecule has 1 atom stereocenters. The molecule has 3 rings (SSSR count). The van der Waals surface area contributed by atoms with Gasteiger partial charge in [0, 0.05) is 30.4 Å². The van der Waals surface area contributed by atoms with E-state index in [0.29, 0.717) is 25.2 Å². The normalized spacial score (nSPS) is 17.7. The number of carbonyl (C=O) groups is 2. The van der Waals surface area contributed by atoms with Crippen LogP contribution in [0.4, 0.5) is 0 Å². The number of esters is 1. The number of hydrogen-bond donors (Lipinski definition) is 0. The molecule has 10 nitrogen and oxygen atoms in total. The Kier molecular flexibility index (Phi) is 7.24. The van der Waals surface area contributed by atoms with Crippen molar-refractivity contribution in [2.24, 2.45) is 0 Å². The number of unbranched alkanes of at least 4 members (excludes halogenated alkanes) is 1. The first-order valence-corrected chi connectivity index (χ1v) is 12.3. The molecule has 0 N–H and O–H groups in total. The maximum Gasteiger partial charge on any atom is 0.306 e. The Morgan fingerprint density at radius 2 is 2.10 bits per heavy atom. The van der Waals surface area contributed by atoms with E-state index < -0.39 is 15.8 Å². The van der Waals surface area contributed by atoms with Gasteiger partial charge in [0.25, 0.3) is 11.7 Å². The largest absolute Gasteiger partial charge is 0.456 e. The van der Waals surface area contributed by atoms with Crippen LogP contribution in [0.2, 0.25) is 0 Å². The summed E-state index contributed by atoms with van der Waals surface area (Å²) in [4.78, 5) is 35.0. The van der Waals surface area contributed by atoms with Crippen LogP contribution in [-0.4, -0.2) is 75.5 Å². The zero-order valence-electron chi connectivity index (χ0n) is 18.2. The molecule has 0 bridgehead atoms. The van der Waals surface area contributed by atoms with Crippen LogP contribution in [0.1, 0.15) is 49.6 Å². The summed E-state index contributed by atoms with van der Waals surface area (Å²) < 4.78 is 30.5. The number of fused-ring (bicyclic) bond motifs is 1. The zero-order valence-corrected chi connectivity index (χ0v) is 19.0. The molecule has 11 heteroatoms. The van der Waals surface area contributed by atoms with Crippen molar-refractivity contribution in [3.8, 4) is 0 Å². The Labute approximate surface area is 181 Å². The minimum Gasteiger partial charge on any atom is -0.456 e. The molecule has 31 heavy (non-hydrogen) atoms. The fraction of sp³-hybridized carbons (Fsp3) is 0.650. The van der Waals surface area contributed by atoms with E-state index in [2.05, 4.69) is 15.1 Å². The highest BCUT2D eigenvalue weighted by Crippen LogP contribution is 2.19. The van der Waals surface area contributed by atoms with Crippen LogP contribution < -0.4 is 0 Å². The second-order valence-electron chi connectivity index (χ2n) is 7.89. The van der Waals surface area contributed by atoms with E-state index in [-0.39, 0.29) is 36.5 Å². The average molecular weight is 452 g/mol. The molecule has 1 fully saturated rings. The number of aromatic nitrogens is 4. The quantitative estimate of drug-likeness (QED) is 0.518. The molecule has 0 aliphatic carbocycles. The number of carbonyl (C=O) groups excluding carboxylic acids is 2. The van der Waals surface area contributed by atoms with Gasteiger partial charge in [-0.05, 0) is 38.7 Å². The Balaban J connectivity index is 1.56. The third kappa shape index (κ3) is 5.57. The molecule has 0 spiro atoms. The Bertz CT molecular complexity index is 1070. The van der Waals surface area contributed by atoms with Crippen molar-refractivity contribution in [1.82, 2.24) is 24.5 Å². The minimum absolute atomic E-state index is 0.0211. The predicted octanol–water partition coefficient (Wildman–Crippen LogP) is 1.03. The summed E-state index contributed by atoms with van der Waals surface area (Å²) in [6.45, 7) is 5.84. The molecule has 0 radical (unpaired) electrons. The van der Waals surface area contributed by atoms with E-state index in [1.807, 2.05) is 20.8 Å². The zero-order chi connectivity index (χ0) is 22.6. The first-order chi connectivity index (χ1) is 14.7. The molecule has 2 aromatic heterocycles. The van der Waals surface area contributed by atoms with Gasteiger partial charge in [-0.25, -0.2) is 17.9 Å². The van der Waals surface area contributed by atoms with E-state index in [1.165, 1.54) is 6.33 Å². The van der Waals surface area contributed by atoms with Gasteiger partial charge in [-0.2, -0.15) is 10.1 Å². The monoisotopic (exact) mass is 451 g/mol. The summed E-state index contributed by atoms with van der Waals surface area (Å²) >= 11 is 0. The Morgan fingerprint density at radius 3 is 2.77 bits per heavy atom. The number of sulfone groups is 1. The lowest BCUT2D eigenvalue weighted by atomic mass is 10.1. The van der Waals surface area contributed by atoms with Crippen LogP contribution in [0, 0.1) is 13.8 Å². The topological polar surface area (TPSA) is 124 Å². The summed E-state index contributed by atoms with van der Waals surface area (Å²) in [7, 11) is -3.11. The van der Waals surface area contributed by atoms with Crippen LogP contribution in [0.5, 0.6) is 0 Å². The molecule has 1 aliphatic heterocycles. The molecule has 170 valence electrons. The molecule has 1 unspecified atom stereocenters. The van der Waals surface area contributed by atoms with E-state index in [4.69, 9.17) is 4.74 Å². The highest BCUT2D eigenvalue weighted by Gasteiger charge is 2.34. The van der Waals surface area contributed by atoms with Gasteiger partial charge in [0.15, 0.2) is 16.4 Å². The summed E-state index contributed by atoms with van der Waals surface area (Å²) in [6.07, 6.45) is 4.02. The Morgan fingerprint density at radius 1 is 1.32 bits per heavy atom. The maximum atomic E-state index is 12.7. The Hall–Kier alpha value is -2.56. The molecule has 0 saturated carbocycles. The van der Waals surface area contributed by atoms with Crippen LogP contribution >= 0.6 is 0 Å². The van der Waals surface area contributed by atoms with E-state index in [1.54, 1.807) is 9.42 Å². The van der Waals surface area contributed by atoms with Gasteiger partial charge >= 0.3 is 5.97 Å². The summed E-state index contributed by atoms with van der Waals surface area (Å²) in [5.41, 5.74) is 2.52. The molecule has 1 aliphatic rings. The lowest BCUT2D eigenvalue weighted by Crippen LogP contribution is -2.43. The SMILES string of the molecule is CCCCN(C(=O)COC(=O)CCc1c(C)nc2ncnn2c1C)C1CCS(=O)(=O)C1. The number of hydrogen-bond acceptors (Lipinski definition) is 8. The molecule has 1 amide bonds. The fourth-order valence-electron chi connectivity index (χ4n) is 3.90. The number of rotatable bonds is 9. The number of amides is 1. The maximum absolute atomic E-state index is 12.7. The smallest absolute Gasteiger partial charge is 0.306 e. The fourth-order valence-corrected chi connectivity index (χ4v) is 5.63. The van der Waals surface area contributed by atoms with Gasteiger partial charge in [0.2, 0.25) is 0 Å². The second kappa shape index (κ2) is 9.71. The second-order valence-corrected chi connectivity index (χ2v) is 10.1. The summed E-state index contributed by atoms with van der Waals surface area (Å²) in [5, 5.41) is 4.13. The lowest BCUT2D eigenvalue weighted by molar-refractivity contribution is -0.152. The predicted molar refractivity (Wildman–Crippen MR) is 113 cm³/mol. The van der Waals surface area contributed by atoms with Gasteiger partial charge in [-0.1, -0.05) is 13.3 Å². The van der Waals surface area contributed by atoms with Crippen molar-refractivity contribution in [3.63, 3.8) is 0 Å².